The van der Waals surface area contributed by atoms with Gasteiger partial charge in [0, 0.05) is 5.69 Å². The topological polar surface area (TPSA) is 86.2 Å². The minimum absolute atomic E-state index is 0.126. The van der Waals surface area contributed by atoms with Crippen LogP contribution in [-0.2, 0) is 15.6 Å². The van der Waals surface area contributed by atoms with Gasteiger partial charge in [0.2, 0.25) is 5.89 Å². The van der Waals surface area contributed by atoms with Crippen LogP contribution in [0.1, 0.15) is 38.5 Å². The first-order valence-electron chi connectivity index (χ1n) is 7.30. The molecular formula is C15H20N2O3S. The van der Waals surface area contributed by atoms with Crippen LogP contribution >= 0.6 is 0 Å². The standard InChI is InChI=1S/C15H20N2O3S/c1-10-3-2-4-12(7-10)21(18,19)9-15-17-13-8-11(16)5-6-14(13)20-15/h5-6,8,10,12H,2-4,7,9,16H2,1H3. The maximum absolute atomic E-state index is 12.5. The van der Waals surface area contributed by atoms with Crippen molar-refractivity contribution in [2.24, 2.45) is 5.92 Å². The molecule has 1 aliphatic rings. The molecule has 2 atom stereocenters. The average molecular weight is 308 g/mol. The van der Waals surface area contributed by atoms with Crippen LogP contribution in [0.2, 0.25) is 0 Å². The number of nitrogens with two attached hydrogens (primary N) is 1. The van der Waals surface area contributed by atoms with E-state index in [4.69, 9.17) is 10.2 Å². The van der Waals surface area contributed by atoms with Gasteiger partial charge >= 0.3 is 0 Å². The van der Waals surface area contributed by atoms with E-state index in [1.54, 1.807) is 18.2 Å². The minimum Gasteiger partial charge on any atom is -0.440 e. The molecule has 0 radical (unpaired) electrons. The fraction of sp³-hybridized carbons (Fsp3) is 0.533. The minimum atomic E-state index is -3.21. The van der Waals surface area contributed by atoms with Crippen molar-refractivity contribution in [3.05, 3.63) is 24.1 Å². The zero-order valence-corrected chi connectivity index (χ0v) is 12.9. The van der Waals surface area contributed by atoms with E-state index >= 15 is 0 Å². The predicted octanol–water partition coefficient (Wildman–Crippen LogP) is 2.90. The molecule has 0 amide bonds. The third-order valence-corrected chi connectivity index (χ3v) is 6.27. The number of rotatable bonds is 3. The van der Waals surface area contributed by atoms with E-state index in [0.29, 0.717) is 22.7 Å². The van der Waals surface area contributed by atoms with Gasteiger partial charge in [0.25, 0.3) is 0 Å². The van der Waals surface area contributed by atoms with E-state index < -0.39 is 9.84 Å². The molecule has 114 valence electrons. The molecule has 1 aromatic heterocycles. The average Bonchev–Trinajstić information content (AvgIpc) is 2.79. The van der Waals surface area contributed by atoms with E-state index in [-0.39, 0.29) is 16.9 Å². The summed E-state index contributed by atoms with van der Waals surface area (Å²) in [6.07, 6.45) is 3.60. The Morgan fingerprint density at radius 2 is 2.19 bits per heavy atom. The third kappa shape index (κ3) is 3.05. The molecule has 0 saturated heterocycles. The highest BCUT2D eigenvalue weighted by molar-refractivity contribution is 7.91. The number of hydrogen-bond donors (Lipinski definition) is 1. The summed E-state index contributed by atoms with van der Waals surface area (Å²) in [5, 5.41) is -0.263. The Labute approximate surface area is 124 Å². The molecule has 2 unspecified atom stereocenters. The van der Waals surface area contributed by atoms with E-state index in [1.807, 2.05) is 0 Å². The molecule has 6 heteroatoms. The predicted molar refractivity (Wildman–Crippen MR) is 82.5 cm³/mol. The van der Waals surface area contributed by atoms with Gasteiger partial charge in [0.1, 0.15) is 11.3 Å². The Balaban J connectivity index is 1.83. The number of fused-ring (bicyclic) bond motifs is 1. The monoisotopic (exact) mass is 308 g/mol. The van der Waals surface area contributed by atoms with E-state index in [1.165, 1.54) is 0 Å². The van der Waals surface area contributed by atoms with Gasteiger partial charge in [-0.15, -0.1) is 0 Å². The first kappa shape index (κ1) is 14.4. The van der Waals surface area contributed by atoms with Crippen LogP contribution in [0, 0.1) is 5.92 Å². The van der Waals surface area contributed by atoms with Gasteiger partial charge in [-0.05, 0) is 37.0 Å². The van der Waals surface area contributed by atoms with Crippen molar-refractivity contribution >= 4 is 26.6 Å². The lowest BCUT2D eigenvalue weighted by atomic mass is 9.91. The van der Waals surface area contributed by atoms with Crippen molar-refractivity contribution in [2.45, 2.75) is 43.6 Å². The summed E-state index contributed by atoms with van der Waals surface area (Å²) >= 11 is 0. The van der Waals surface area contributed by atoms with Gasteiger partial charge in [0.05, 0.1) is 5.25 Å². The molecule has 1 saturated carbocycles. The van der Waals surface area contributed by atoms with Gasteiger partial charge in [-0.3, -0.25) is 0 Å². The summed E-state index contributed by atoms with van der Waals surface area (Å²) in [6.45, 7) is 2.11. The molecular weight excluding hydrogens is 288 g/mol. The Kier molecular flexibility index (Phi) is 3.65. The molecule has 1 aliphatic carbocycles. The Morgan fingerprint density at radius 3 is 2.95 bits per heavy atom. The number of anilines is 1. The molecule has 2 aromatic rings. The van der Waals surface area contributed by atoms with Gasteiger partial charge < -0.3 is 10.2 Å². The Hall–Kier alpha value is -1.56. The molecule has 1 heterocycles. The first-order chi connectivity index (χ1) is 9.94. The highest BCUT2D eigenvalue weighted by atomic mass is 32.2. The zero-order valence-electron chi connectivity index (χ0n) is 12.1. The lowest BCUT2D eigenvalue weighted by Gasteiger charge is -2.25. The SMILES string of the molecule is CC1CCCC(S(=O)(=O)Cc2nc3cc(N)ccc3o2)C1. The largest absolute Gasteiger partial charge is 0.440 e. The van der Waals surface area contributed by atoms with Gasteiger partial charge in [-0.1, -0.05) is 19.8 Å². The summed E-state index contributed by atoms with van der Waals surface area (Å²) < 4.78 is 30.6. The fourth-order valence-electron chi connectivity index (χ4n) is 3.05. The lowest BCUT2D eigenvalue weighted by Crippen LogP contribution is -2.28. The molecule has 1 aromatic carbocycles. The van der Waals surface area contributed by atoms with Crippen LogP contribution in [-0.4, -0.2) is 18.7 Å². The molecule has 2 N–H and O–H groups in total. The molecule has 0 aliphatic heterocycles. The highest BCUT2D eigenvalue weighted by Crippen LogP contribution is 2.30. The summed E-state index contributed by atoms with van der Waals surface area (Å²) in [5.74, 6) is 0.606. The smallest absolute Gasteiger partial charge is 0.210 e. The molecule has 0 bridgehead atoms. The van der Waals surface area contributed by atoms with E-state index in [0.717, 1.165) is 25.7 Å². The van der Waals surface area contributed by atoms with Crippen molar-refractivity contribution in [2.75, 3.05) is 5.73 Å². The number of benzene rings is 1. The van der Waals surface area contributed by atoms with Crippen molar-refractivity contribution in [3.8, 4) is 0 Å². The van der Waals surface area contributed by atoms with Crippen LogP contribution in [0.4, 0.5) is 5.69 Å². The number of oxazole rings is 1. The number of sulfone groups is 1. The third-order valence-electron chi connectivity index (χ3n) is 4.18. The van der Waals surface area contributed by atoms with Gasteiger partial charge in [-0.25, -0.2) is 13.4 Å². The highest BCUT2D eigenvalue weighted by Gasteiger charge is 2.31. The Morgan fingerprint density at radius 1 is 1.38 bits per heavy atom. The van der Waals surface area contributed by atoms with Gasteiger partial charge in [0.15, 0.2) is 15.4 Å². The first-order valence-corrected chi connectivity index (χ1v) is 9.02. The zero-order chi connectivity index (χ0) is 15.0. The maximum Gasteiger partial charge on any atom is 0.210 e. The van der Waals surface area contributed by atoms with E-state index in [9.17, 15) is 8.42 Å². The second-order valence-corrected chi connectivity index (χ2v) is 8.32. The number of aromatic nitrogens is 1. The van der Waals surface area contributed by atoms with Crippen LogP contribution in [0.15, 0.2) is 22.6 Å². The maximum atomic E-state index is 12.5. The molecule has 0 spiro atoms. The molecule has 1 fully saturated rings. The normalized spacial score (nSPS) is 23.5. The fourth-order valence-corrected chi connectivity index (χ4v) is 4.90. The molecule has 21 heavy (non-hydrogen) atoms. The number of hydrogen-bond acceptors (Lipinski definition) is 5. The summed E-state index contributed by atoms with van der Waals surface area (Å²) in [7, 11) is -3.21. The van der Waals surface area contributed by atoms with Crippen LogP contribution in [0.25, 0.3) is 11.1 Å². The Bertz CT molecular complexity index is 751. The van der Waals surface area contributed by atoms with Crippen molar-refractivity contribution in [1.29, 1.82) is 0 Å². The van der Waals surface area contributed by atoms with Crippen molar-refractivity contribution in [3.63, 3.8) is 0 Å². The number of nitrogen functional groups attached to an aromatic ring is 1. The summed E-state index contributed by atoms with van der Waals surface area (Å²) in [5.41, 5.74) is 7.47. The molecule has 5 nitrogen and oxygen atoms in total. The second kappa shape index (κ2) is 5.33. The van der Waals surface area contributed by atoms with E-state index in [2.05, 4.69) is 11.9 Å². The van der Waals surface area contributed by atoms with Gasteiger partial charge in [-0.2, -0.15) is 0 Å². The van der Waals surface area contributed by atoms with Crippen LogP contribution in [0.3, 0.4) is 0 Å². The van der Waals surface area contributed by atoms with Crippen molar-refractivity contribution < 1.29 is 12.8 Å². The molecule has 3 rings (SSSR count). The van der Waals surface area contributed by atoms with Crippen molar-refractivity contribution in [1.82, 2.24) is 4.98 Å². The summed E-state index contributed by atoms with van der Waals surface area (Å²) in [4.78, 5) is 4.25. The number of nitrogens with zero attached hydrogens (tertiary/aromatic N) is 1. The van der Waals surface area contributed by atoms with Crippen LogP contribution < -0.4 is 5.73 Å². The lowest BCUT2D eigenvalue weighted by molar-refractivity contribution is 0.381. The summed E-state index contributed by atoms with van der Waals surface area (Å²) in [6, 6.07) is 5.13. The quantitative estimate of drug-likeness (QED) is 0.881. The van der Waals surface area contributed by atoms with Crippen LogP contribution in [0.5, 0.6) is 0 Å². The second-order valence-electron chi connectivity index (χ2n) is 6.04.